The molecule has 3 N–H and O–H groups in total. The minimum absolute atomic E-state index is 0.0463. The highest BCUT2D eigenvalue weighted by atomic mass is 35.5. The molecule has 0 heterocycles. The lowest BCUT2D eigenvalue weighted by Crippen LogP contribution is -2.34. The molecule has 0 saturated carbocycles. The normalized spacial score (nSPS) is 11.7. The van der Waals surface area contributed by atoms with Crippen LogP contribution in [0, 0.1) is 0 Å². The van der Waals surface area contributed by atoms with Crippen molar-refractivity contribution in [3.05, 3.63) is 28.8 Å². The molecule has 0 aliphatic heterocycles. The third kappa shape index (κ3) is 4.76. The van der Waals surface area contributed by atoms with Crippen LogP contribution in [0.2, 0.25) is 5.02 Å². The number of benzene rings is 1. The van der Waals surface area contributed by atoms with Crippen molar-refractivity contribution in [1.29, 1.82) is 0 Å². The molecule has 1 atom stereocenters. The van der Waals surface area contributed by atoms with E-state index < -0.39 is 12.0 Å². The number of carbonyl (C=O) groups is 2. The minimum Gasteiger partial charge on any atom is -0.478 e. The first-order chi connectivity index (χ1) is 8.93. The predicted octanol–water partition coefficient (Wildman–Crippen LogP) is 2.19. The highest BCUT2D eigenvalue weighted by Gasteiger charge is 2.10. The fourth-order valence-corrected chi connectivity index (χ4v) is 1.41. The summed E-state index contributed by atoms with van der Waals surface area (Å²) in [7, 11) is 1.54. The second kappa shape index (κ2) is 6.96. The summed E-state index contributed by atoms with van der Waals surface area (Å²) in [6, 6.07) is 3.59. The van der Waals surface area contributed by atoms with Gasteiger partial charge >= 0.3 is 12.0 Å². The van der Waals surface area contributed by atoms with Gasteiger partial charge in [-0.1, -0.05) is 11.6 Å². The number of carbonyl (C=O) groups excluding carboxylic acids is 1. The molecule has 0 bridgehead atoms. The maximum atomic E-state index is 11.6. The minimum atomic E-state index is -1.09. The van der Waals surface area contributed by atoms with E-state index >= 15 is 0 Å². The van der Waals surface area contributed by atoms with E-state index in [1.807, 2.05) is 0 Å². The number of halogens is 1. The Labute approximate surface area is 115 Å². The lowest BCUT2D eigenvalue weighted by molar-refractivity contribution is 0.0697. The van der Waals surface area contributed by atoms with Crippen LogP contribution in [-0.2, 0) is 4.74 Å². The summed E-state index contributed by atoms with van der Waals surface area (Å²) in [5, 5.41) is 14.2. The molecule has 2 amide bonds. The molecule has 1 rings (SSSR count). The second-order valence-corrected chi connectivity index (χ2v) is 4.29. The van der Waals surface area contributed by atoms with Gasteiger partial charge in [0.15, 0.2) is 0 Å². The molecule has 0 aliphatic carbocycles. The molecule has 0 radical (unpaired) electrons. The van der Waals surface area contributed by atoms with Gasteiger partial charge < -0.3 is 20.5 Å². The molecular formula is C12H15ClN2O4. The maximum Gasteiger partial charge on any atom is 0.335 e. The van der Waals surface area contributed by atoms with Gasteiger partial charge in [-0.3, -0.25) is 0 Å². The summed E-state index contributed by atoms with van der Waals surface area (Å²) in [5.74, 6) is -1.09. The van der Waals surface area contributed by atoms with Crippen molar-refractivity contribution in [2.24, 2.45) is 0 Å². The number of ether oxygens (including phenoxy) is 1. The summed E-state index contributed by atoms with van der Waals surface area (Å²) in [5.41, 5.74) is 0.286. The molecule has 104 valence electrons. The number of aromatic carboxylic acids is 1. The van der Waals surface area contributed by atoms with Gasteiger partial charge in [0, 0.05) is 13.7 Å². The van der Waals surface area contributed by atoms with E-state index in [0.29, 0.717) is 6.54 Å². The molecular weight excluding hydrogens is 272 g/mol. The maximum absolute atomic E-state index is 11.6. The first-order valence-corrected chi connectivity index (χ1v) is 5.92. The number of rotatable bonds is 5. The fourth-order valence-electron chi connectivity index (χ4n) is 1.24. The Morgan fingerprint density at radius 3 is 2.74 bits per heavy atom. The number of urea groups is 1. The molecule has 0 spiro atoms. The van der Waals surface area contributed by atoms with E-state index in [1.165, 1.54) is 25.3 Å². The number of anilines is 1. The summed E-state index contributed by atoms with van der Waals surface area (Å²) < 4.78 is 4.98. The van der Waals surface area contributed by atoms with Crippen molar-refractivity contribution in [2.75, 3.05) is 19.0 Å². The molecule has 0 saturated heterocycles. The van der Waals surface area contributed by atoms with Gasteiger partial charge in [0.1, 0.15) is 0 Å². The van der Waals surface area contributed by atoms with E-state index in [0.717, 1.165) is 0 Å². The summed E-state index contributed by atoms with van der Waals surface area (Å²) in [6.07, 6.45) is -0.119. The smallest absolute Gasteiger partial charge is 0.335 e. The van der Waals surface area contributed by atoms with Crippen LogP contribution in [-0.4, -0.2) is 36.9 Å². The third-order valence-electron chi connectivity index (χ3n) is 2.41. The zero-order valence-electron chi connectivity index (χ0n) is 10.6. The number of hydrogen-bond acceptors (Lipinski definition) is 3. The van der Waals surface area contributed by atoms with E-state index in [4.69, 9.17) is 21.4 Å². The van der Waals surface area contributed by atoms with Crippen molar-refractivity contribution < 1.29 is 19.4 Å². The Bertz CT molecular complexity index is 479. The summed E-state index contributed by atoms with van der Waals surface area (Å²) in [4.78, 5) is 22.4. The van der Waals surface area contributed by atoms with Crippen LogP contribution in [0.4, 0.5) is 10.5 Å². The Hall–Kier alpha value is -1.79. The summed E-state index contributed by atoms with van der Waals surface area (Å²) in [6.45, 7) is 2.14. The van der Waals surface area contributed by atoms with Gasteiger partial charge in [0.2, 0.25) is 0 Å². The highest BCUT2D eigenvalue weighted by Crippen LogP contribution is 2.22. The molecule has 0 aromatic heterocycles. The molecule has 0 fully saturated rings. The highest BCUT2D eigenvalue weighted by molar-refractivity contribution is 6.33. The Balaban J connectivity index is 2.68. The van der Waals surface area contributed by atoms with Crippen LogP contribution >= 0.6 is 11.6 Å². The number of hydrogen-bond donors (Lipinski definition) is 3. The van der Waals surface area contributed by atoms with Crippen LogP contribution in [0.5, 0.6) is 0 Å². The molecule has 1 aromatic carbocycles. The topological polar surface area (TPSA) is 87.7 Å². The summed E-state index contributed by atoms with van der Waals surface area (Å²) >= 11 is 5.87. The fraction of sp³-hybridized carbons (Fsp3) is 0.333. The Morgan fingerprint density at radius 1 is 1.47 bits per heavy atom. The second-order valence-electron chi connectivity index (χ2n) is 3.88. The number of carboxylic acids is 1. The lowest BCUT2D eigenvalue weighted by Gasteiger charge is -2.12. The van der Waals surface area contributed by atoms with E-state index in [2.05, 4.69) is 10.6 Å². The van der Waals surface area contributed by atoms with Gasteiger partial charge in [-0.2, -0.15) is 0 Å². The average molecular weight is 287 g/mol. The van der Waals surface area contributed by atoms with Crippen molar-refractivity contribution >= 4 is 29.3 Å². The monoisotopic (exact) mass is 286 g/mol. The van der Waals surface area contributed by atoms with Gasteiger partial charge in [0.25, 0.3) is 0 Å². The van der Waals surface area contributed by atoms with Crippen LogP contribution in [0.15, 0.2) is 18.2 Å². The van der Waals surface area contributed by atoms with Gasteiger partial charge in [-0.25, -0.2) is 9.59 Å². The van der Waals surface area contributed by atoms with Crippen LogP contribution in [0.25, 0.3) is 0 Å². The SMILES string of the molecule is COC(C)CNC(=O)Nc1cc(C(=O)O)ccc1Cl. The van der Waals surface area contributed by atoms with Crippen LogP contribution in [0.1, 0.15) is 17.3 Å². The number of methoxy groups -OCH3 is 1. The third-order valence-corrected chi connectivity index (χ3v) is 2.74. The molecule has 7 heteroatoms. The van der Waals surface area contributed by atoms with Crippen molar-refractivity contribution in [1.82, 2.24) is 5.32 Å². The first kappa shape index (κ1) is 15.3. The number of carboxylic acid groups (broad SMARTS) is 1. The predicted molar refractivity (Wildman–Crippen MR) is 71.9 cm³/mol. The van der Waals surface area contributed by atoms with Gasteiger partial charge in [-0.05, 0) is 25.1 Å². The van der Waals surface area contributed by atoms with Crippen molar-refractivity contribution in [2.45, 2.75) is 13.0 Å². The molecule has 19 heavy (non-hydrogen) atoms. The standard InChI is InChI=1S/C12H15ClN2O4/c1-7(19-2)6-14-12(18)15-10-5-8(11(16)17)3-4-9(10)13/h3-5,7H,6H2,1-2H3,(H,16,17)(H2,14,15,18). The van der Waals surface area contributed by atoms with E-state index in [9.17, 15) is 9.59 Å². The molecule has 6 nitrogen and oxygen atoms in total. The van der Waals surface area contributed by atoms with Gasteiger partial charge in [-0.15, -0.1) is 0 Å². The van der Waals surface area contributed by atoms with E-state index in [1.54, 1.807) is 6.92 Å². The zero-order valence-corrected chi connectivity index (χ0v) is 11.3. The molecule has 0 aliphatic rings. The van der Waals surface area contributed by atoms with Crippen LogP contribution < -0.4 is 10.6 Å². The van der Waals surface area contributed by atoms with Crippen LogP contribution in [0.3, 0.4) is 0 Å². The van der Waals surface area contributed by atoms with Crippen molar-refractivity contribution in [3.8, 4) is 0 Å². The quantitative estimate of drug-likeness (QED) is 0.774. The lowest BCUT2D eigenvalue weighted by atomic mass is 10.2. The Kier molecular flexibility index (Phi) is 5.59. The van der Waals surface area contributed by atoms with Gasteiger partial charge in [0.05, 0.1) is 22.4 Å². The van der Waals surface area contributed by atoms with E-state index in [-0.39, 0.29) is 22.4 Å². The molecule has 1 unspecified atom stereocenters. The Morgan fingerprint density at radius 2 is 2.16 bits per heavy atom. The average Bonchev–Trinajstić information content (AvgIpc) is 2.38. The number of nitrogens with one attached hydrogen (secondary N) is 2. The largest absolute Gasteiger partial charge is 0.478 e. The number of amides is 2. The zero-order chi connectivity index (χ0) is 14.4. The van der Waals surface area contributed by atoms with Crippen molar-refractivity contribution in [3.63, 3.8) is 0 Å². The molecule has 1 aromatic rings. The first-order valence-electron chi connectivity index (χ1n) is 5.54.